The molecule has 44 heavy (non-hydrogen) atoms. The Labute approximate surface area is 273 Å². The van der Waals surface area contributed by atoms with Crippen LogP contribution < -0.4 is 9.80 Å². The van der Waals surface area contributed by atoms with Crippen LogP contribution in [0, 0.1) is 0 Å². The van der Waals surface area contributed by atoms with Crippen molar-refractivity contribution < 1.29 is 0 Å². The Morgan fingerprint density at radius 3 is 0.909 bits per heavy atom. The summed E-state index contributed by atoms with van der Waals surface area (Å²) in [5.41, 5.74) is 4.38. The van der Waals surface area contributed by atoms with E-state index in [0.29, 0.717) is 0 Å². The van der Waals surface area contributed by atoms with E-state index in [2.05, 4.69) is 96.3 Å². The molecule has 0 N–H and O–H groups in total. The van der Waals surface area contributed by atoms with Crippen LogP contribution >= 0.6 is 0 Å². The van der Waals surface area contributed by atoms with E-state index >= 15 is 0 Å². The summed E-state index contributed by atoms with van der Waals surface area (Å²) in [5.74, 6) is 0. The highest BCUT2D eigenvalue weighted by molar-refractivity contribution is 5.54. The first-order chi connectivity index (χ1) is 21.7. The predicted octanol–water partition coefficient (Wildman–Crippen LogP) is 13.6. The zero-order valence-electron chi connectivity index (χ0n) is 29.4. The molecule has 0 unspecified atom stereocenters. The van der Waals surface area contributed by atoms with Crippen LogP contribution in [0.1, 0.15) is 156 Å². The second-order valence-electron chi connectivity index (χ2n) is 12.8. The van der Waals surface area contributed by atoms with Gasteiger partial charge in [-0.05, 0) is 75.2 Å². The van der Waals surface area contributed by atoms with Crippen molar-refractivity contribution in [1.82, 2.24) is 0 Å². The lowest BCUT2D eigenvalue weighted by molar-refractivity contribution is 0.555. The zero-order chi connectivity index (χ0) is 31.5. The molecule has 0 aliphatic heterocycles. The summed E-state index contributed by atoms with van der Waals surface area (Å²) in [5, 5.41) is 9.05. The number of azo groups is 1. The molecular formula is C40H68N4. The van der Waals surface area contributed by atoms with Crippen molar-refractivity contribution in [1.29, 1.82) is 0 Å². The van der Waals surface area contributed by atoms with E-state index < -0.39 is 0 Å². The number of benzene rings is 2. The summed E-state index contributed by atoms with van der Waals surface area (Å²) in [4.78, 5) is 4.97. The fourth-order valence-corrected chi connectivity index (χ4v) is 6.10. The number of anilines is 2. The number of unbranched alkanes of at least 4 members (excludes halogenated alkanes) is 18. The van der Waals surface area contributed by atoms with Crippen LogP contribution in [-0.2, 0) is 0 Å². The van der Waals surface area contributed by atoms with E-state index in [9.17, 15) is 0 Å². The first kappa shape index (κ1) is 37.8. The van der Waals surface area contributed by atoms with Crippen molar-refractivity contribution >= 4 is 22.7 Å². The minimum atomic E-state index is 0.906. The van der Waals surface area contributed by atoms with Crippen molar-refractivity contribution in [2.45, 2.75) is 156 Å². The Morgan fingerprint density at radius 1 is 0.364 bits per heavy atom. The molecule has 2 aromatic rings. The maximum Gasteiger partial charge on any atom is 0.0858 e. The lowest BCUT2D eigenvalue weighted by Crippen LogP contribution is -2.23. The van der Waals surface area contributed by atoms with Crippen LogP contribution in [0.25, 0.3) is 0 Å². The van der Waals surface area contributed by atoms with Gasteiger partial charge >= 0.3 is 0 Å². The van der Waals surface area contributed by atoms with Crippen molar-refractivity contribution in [2.24, 2.45) is 10.2 Å². The molecule has 0 saturated carbocycles. The molecule has 0 amide bonds. The van der Waals surface area contributed by atoms with E-state index in [0.717, 1.165) is 37.6 Å². The van der Waals surface area contributed by atoms with Gasteiger partial charge in [0.05, 0.1) is 11.4 Å². The lowest BCUT2D eigenvalue weighted by atomic mass is 10.1. The summed E-state index contributed by atoms with van der Waals surface area (Å²) in [6, 6.07) is 17.2. The molecule has 0 saturated heterocycles. The van der Waals surface area contributed by atoms with Crippen molar-refractivity contribution in [2.75, 3.05) is 36.0 Å². The largest absolute Gasteiger partial charge is 0.372 e. The van der Waals surface area contributed by atoms with E-state index in [1.807, 2.05) is 0 Å². The molecule has 2 aromatic carbocycles. The molecule has 0 aromatic heterocycles. The van der Waals surface area contributed by atoms with Gasteiger partial charge in [0.15, 0.2) is 0 Å². The normalized spacial score (nSPS) is 11.5. The predicted molar refractivity (Wildman–Crippen MR) is 197 cm³/mol. The van der Waals surface area contributed by atoms with Gasteiger partial charge in [0.1, 0.15) is 0 Å². The van der Waals surface area contributed by atoms with Crippen molar-refractivity contribution in [3.05, 3.63) is 48.5 Å². The molecule has 0 atom stereocenters. The summed E-state index contributed by atoms with van der Waals surface area (Å²) in [6.45, 7) is 13.4. The van der Waals surface area contributed by atoms with Crippen LogP contribution in [0.5, 0.6) is 0 Å². The summed E-state index contributed by atoms with van der Waals surface area (Å²) in [6.07, 6.45) is 27.6. The van der Waals surface area contributed by atoms with Gasteiger partial charge in [-0.25, -0.2) is 0 Å². The third kappa shape index (κ3) is 17.2. The average Bonchev–Trinajstić information content (AvgIpc) is 3.06. The van der Waals surface area contributed by atoms with Crippen LogP contribution in [0.4, 0.5) is 22.7 Å². The quantitative estimate of drug-likeness (QED) is 0.0714. The number of rotatable bonds is 28. The van der Waals surface area contributed by atoms with E-state index in [-0.39, 0.29) is 0 Å². The topological polar surface area (TPSA) is 31.2 Å². The molecule has 4 heteroatoms. The highest BCUT2D eigenvalue weighted by Gasteiger charge is 2.06. The first-order valence-electron chi connectivity index (χ1n) is 18.8. The minimum absolute atomic E-state index is 0.906. The maximum absolute atomic E-state index is 4.52. The standard InChI is InChI=1S/C40H68N4/c1-5-9-11-13-15-17-19-21-23-25-35-43(7-3)39-31-27-37(28-32-39)41-42-38-29-33-40(34-30-38)44(8-4)36-26-24-22-20-18-16-14-12-10-6-2/h27-34H,5-26,35-36H2,1-4H3. The molecule has 248 valence electrons. The highest BCUT2D eigenvalue weighted by atomic mass is 15.1. The number of hydrogen-bond donors (Lipinski definition) is 0. The van der Waals surface area contributed by atoms with Crippen LogP contribution in [-0.4, -0.2) is 26.2 Å². The second kappa shape index (κ2) is 25.9. The van der Waals surface area contributed by atoms with Gasteiger partial charge in [-0.15, -0.1) is 0 Å². The lowest BCUT2D eigenvalue weighted by Gasteiger charge is -2.23. The SMILES string of the molecule is CCCCCCCCCCCCN(CC)c1ccc(N=Nc2ccc(N(CC)CCCCCCCCCCCC)cc2)cc1. The van der Waals surface area contributed by atoms with Gasteiger partial charge in [-0.1, -0.05) is 129 Å². The third-order valence-corrected chi connectivity index (χ3v) is 9.04. The molecule has 2 rings (SSSR count). The molecule has 0 aliphatic rings. The number of hydrogen-bond acceptors (Lipinski definition) is 4. The molecule has 0 heterocycles. The second-order valence-corrected chi connectivity index (χ2v) is 12.8. The zero-order valence-corrected chi connectivity index (χ0v) is 29.4. The molecule has 0 spiro atoms. The Kier molecular flexibility index (Phi) is 22.3. The van der Waals surface area contributed by atoms with Crippen LogP contribution in [0.15, 0.2) is 58.8 Å². The fraction of sp³-hybridized carbons (Fsp3) is 0.700. The Hall–Kier alpha value is -2.36. The molecule has 0 fully saturated rings. The van der Waals surface area contributed by atoms with Crippen molar-refractivity contribution in [3.8, 4) is 0 Å². The van der Waals surface area contributed by atoms with Gasteiger partial charge in [0, 0.05) is 37.6 Å². The first-order valence-corrected chi connectivity index (χ1v) is 18.8. The Bertz CT molecular complexity index is 859. The molecule has 0 radical (unpaired) electrons. The van der Waals surface area contributed by atoms with Crippen molar-refractivity contribution in [3.63, 3.8) is 0 Å². The Morgan fingerprint density at radius 2 is 0.636 bits per heavy atom. The summed E-state index contributed by atoms with van der Waals surface area (Å²) in [7, 11) is 0. The number of nitrogens with zero attached hydrogens (tertiary/aromatic N) is 4. The highest BCUT2D eigenvalue weighted by Crippen LogP contribution is 2.25. The van der Waals surface area contributed by atoms with Gasteiger partial charge in [0.2, 0.25) is 0 Å². The van der Waals surface area contributed by atoms with Gasteiger partial charge in [-0.3, -0.25) is 0 Å². The molecule has 0 bridgehead atoms. The van der Waals surface area contributed by atoms with Crippen LogP contribution in [0.3, 0.4) is 0 Å². The van der Waals surface area contributed by atoms with E-state index in [1.54, 1.807) is 0 Å². The molecule has 4 nitrogen and oxygen atoms in total. The molecule has 0 aliphatic carbocycles. The maximum atomic E-state index is 4.52. The average molecular weight is 605 g/mol. The summed E-state index contributed by atoms with van der Waals surface area (Å²) < 4.78 is 0. The minimum Gasteiger partial charge on any atom is -0.372 e. The van der Waals surface area contributed by atoms with E-state index in [1.165, 1.54) is 140 Å². The monoisotopic (exact) mass is 605 g/mol. The van der Waals surface area contributed by atoms with E-state index in [4.69, 9.17) is 0 Å². The van der Waals surface area contributed by atoms with Gasteiger partial charge in [0.25, 0.3) is 0 Å². The van der Waals surface area contributed by atoms with Crippen LogP contribution in [0.2, 0.25) is 0 Å². The Balaban J connectivity index is 1.67. The summed E-state index contributed by atoms with van der Waals surface area (Å²) >= 11 is 0. The third-order valence-electron chi connectivity index (χ3n) is 9.04. The van der Waals surface area contributed by atoms with Gasteiger partial charge in [-0.2, -0.15) is 10.2 Å². The fourth-order valence-electron chi connectivity index (χ4n) is 6.10. The van der Waals surface area contributed by atoms with Gasteiger partial charge < -0.3 is 9.80 Å². The smallest absolute Gasteiger partial charge is 0.0858 e. The molecular weight excluding hydrogens is 536 g/mol.